The normalized spacial score (nSPS) is 11.1. The van der Waals surface area contributed by atoms with Crippen LogP contribution in [0.2, 0.25) is 0 Å². The molecule has 0 unspecified atom stereocenters. The van der Waals surface area contributed by atoms with E-state index >= 15 is 0 Å². The number of benzene rings is 2. The van der Waals surface area contributed by atoms with Crippen LogP contribution >= 0.6 is 11.8 Å². The molecule has 2 rings (SSSR count). The van der Waals surface area contributed by atoms with Gasteiger partial charge in [-0.1, -0.05) is 30.3 Å². The molecule has 0 fully saturated rings. The molecular weight excluding hydrogens is 344 g/mol. The highest BCUT2D eigenvalue weighted by molar-refractivity contribution is 7.98. The van der Waals surface area contributed by atoms with Crippen LogP contribution in [-0.4, -0.2) is 50.2 Å². The Hall–Kier alpha value is -2.47. The van der Waals surface area contributed by atoms with Gasteiger partial charge in [-0.05, 0) is 36.1 Å². The third-order valence-corrected chi connectivity index (χ3v) is 4.63. The van der Waals surface area contributed by atoms with E-state index in [4.69, 9.17) is 0 Å². The first-order valence-electron chi connectivity index (χ1n) is 8.52. The summed E-state index contributed by atoms with van der Waals surface area (Å²) in [7, 11) is 3.76. The Morgan fingerprint density at radius 1 is 1.04 bits per heavy atom. The van der Waals surface area contributed by atoms with Crippen LogP contribution in [0.4, 0.5) is 0 Å². The molecule has 2 aromatic carbocycles. The van der Waals surface area contributed by atoms with Crippen molar-refractivity contribution in [3.8, 4) is 0 Å². The highest BCUT2D eigenvalue weighted by Gasteiger charge is 2.07. The molecule has 0 aliphatic rings. The van der Waals surface area contributed by atoms with Crippen molar-refractivity contribution in [1.29, 1.82) is 0 Å². The molecule has 2 N–H and O–H groups in total. The fraction of sp³-hybridized carbons (Fsp3) is 0.300. The zero-order valence-corrected chi connectivity index (χ0v) is 16.3. The molecular formula is C20H26N4OS. The van der Waals surface area contributed by atoms with Crippen LogP contribution in [0, 0.1) is 0 Å². The van der Waals surface area contributed by atoms with E-state index in [1.54, 1.807) is 30.9 Å². The first kappa shape index (κ1) is 19.8. The quantitative estimate of drug-likeness (QED) is 0.341. The topological polar surface area (TPSA) is 56.7 Å². The predicted molar refractivity (Wildman–Crippen MR) is 110 cm³/mol. The first-order valence-corrected chi connectivity index (χ1v) is 9.74. The maximum Gasteiger partial charge on any atom is 0.251 e. The number of guanidine groups is 1. The maximum absolute atomic E-state index is 12.0. The van der Waals surface area contributed by atoms with Gasteiger partial charge in [0.1, 0.15) is 0 Å². The van der Waals surface area contributed by atoms with Crippen LogP contribution in [-0.2, 0) is 6.54 Å². The Morgan fingerprint density at radius 2 is 1.69 bits per heavy atom. The van der Waals surface area contributed by atoms with Gasteiger partial charge in [-0.2, -0.15) is 0 Å². The van der Waals surface area contributed by atoms with Gasteiger partial charge in [-0.3, -0.25) is 9.79 Å². The number of hydrogen-bond acceptors (Lipinski definition) is 3. The van der Waals surface area contributed by atoms with Gasteiger partial charge in [0.2, 0.25) is 0 Å². The van der Waals surface area contributed by atoms with Crippen molar-refractivity contribution >= 4 is 23.6 Å². The van der Waals surface area contributed by atoms with E-state index in [0.717, 1.165) is 12.5 Å². The van der Waals surface area contributed by atoms with Crippen LogP contribution in [0.25, 0.3) is 0 Å². The Labute approximate surface area is 159 Å². The number of aliphatic imine (C=N–C) groups is 1. The van der Waals surface area contributed by atoms with Gasteiger partial charge in [0.05, 0.1) is 0 Å². The third-order valence-electron chi connectivity index (χ3n) is 3.88. The number of carbonyl (C=O) groups excluding carboxylic acids is 1. The molecule has 5 nitrogen and oxygen atoms in total. The molecule has 0 aliphatic carbocycles. The summed E-state index contributed by atoms with van der Waals surface area (Å²) in [4.78, 5) is 19.6. The summed E-state index contributed by atoms with van der Waals surface area (Å²) in [6.07, 6.45) is 2.07. The Balaban J connectivity index is 1.76. The number of nitrogens with one attached hydrogen (secondary N) is 2. The molecule has 138 valence electrons. The van der Waals surface area contributed by atoms with Crippen LogP contribution in [0.15, 0.2) is 64.5 Å². The van der Waals surface area contributed by atoms with Crippen molar-refractivity contribution in [2.24, 2.45) is 4.99 Å². The summed E-state index contributed by atoms with van der Waals surface area (Å²) >= 11 is 1.74. The van der Waals surface area contributed by atoms with E-state index in [0.29, 0.717) is 18.7 Å². The molecule has 0 bridgehead atoms. The maximum atomic E-state index is 12.0. The zero-order chi connectivity index (χ0) is 18.8. The van der Waals surface area contributed by atoms with Gasteiger partial charge in [0.25, 0.3) is 5.91 Å². The Morgan fingerprint density at radius 3 is 2.31 bits per heavy atom. The van der Waals surface area contributed by atoms with Gasteiger partial charge in [-0.15, -0.1) is 11.8 Å². The second-order valence-corrected chi connectivity index (χ2v) is 6.68. The molecule has 26 heavy (non-hydrogen) atoms. The van der Waals surface area contributed by atoms with E-state index in [9.17, 15) is 4.79 Å². The fourth-order valence-electron chi connectivity index (χ4n) is 2.51. The highest BCUT2D eigenvalue weighted by Crippen LogP contribution is 2.15. The van der Waals surface area contributed by atoms with E-state index in [2.05, 4.69) is 51.0 Å². The lowest BCUT2D eigenvalue weighted by molar-refractivity contribution is 0.0954. The monoisotopic (exact) mass is 370 g/mol. The Bertz CT molecular complexity index is 716. The summed E-state index contributed by atoms with van der Waals surface area (Å²) in [6, 6.07) is 17.7. The number of rotatable bonds is 7. The van der Waals surface area contributed by atoms with E-state index in [-0.39, 0.29) is 5.91 Å². The largest absolute Gasteiger partial charge is 0.354 e. The minimum absolute atomic E-state index is 0.0652. The standard InChI is InChI=1S/C20H26N4OS/c1-21-20(24(2)15-16-9-11-18(26-3)12-10-16)23-14-13-22-19(25)17-7-5-4-6-8-17/h4-12H,13-15H2,1-3H3,(H,21,23)(H,22,25). The Kier molecular flexibility index (Phi) is 8.02. The van der Waals surface area contributed by atoms with Gasteiger partial charge >= 0.3 is 0 Å². The lowest BCUT2D eigenvalue weighted by Crippen LogP contribution is -2.42. The predicted octanol–water partition coefficient (Wildman–Crippen LogP) is 2.85. The molecule has 2 aromatic rings. The number of thioether (sulfide) groups is 1. The summed E-state index contributed by atoms with van der Waals surface area (Å²) < 4.78 is 0. The van der Waals surface area contributed by atoms with Crippen molar-refractivity contribution in [1.82, 2.24) is 15.5 Å². The summed E-state index contributed by atoms with van der Waals surface area (Å²) in [5, 5.41) is 6.18. The number of hydrogen-bond donors (Lipinski definition) is 2. The summed E-state index contributed by atoms with van der Waals surface area (Å²) in [5.74, 6) is 0.734. The van der Waals surface area contributed by atoms with E-state index in [1.807, 2.05) is 25.2 Å². The fourth-order valence-corrected chi connectivity index (χ4v) is 2.91. The molecule has 0 saturated heterocycles. The van der Waals surface area contributed by atoms with Crippen LogP contribution in [0.5, 0.6) is 0 Å². The minimum atomic E-state index is -0.0652. The number of nitrogens with zero attached hydrogens (tertiary/aromatic N) is 2. The van der Waals surface area contributed by atoms with Gasteiger partial charge in [0, 0.05) is 44.2 Å². The van der Waals surface area contributed by atoms with E-state index in [1.165, 1.54) is 10.5 Å². The molecule has 6 heteroatoms. The lowest BCUT2D eigenvalue weighted by atomic mass is 10.2. The second kappa shape index (κ2) is 10.5. The van der Waals surface area contributed by atoms with Gasteiger partial charge in [-0.25, -0.2) is 0 Å². The lowest BCUT2D eigenvalue weighted by Gasteiger charge is -2.22. The number of carbonyl (C=O) groups is 1. The third kappa shape index (κ3) is 6.11. The smallest absolute Gasteiger partial charge is 0.251 e. The average Bonchev–Trinajstić information content (AvgIpc) is 2.69. The highest BCUT2D eigenvalue weighted by atomic mass is 32.2. The molecule has 0 radical (unpaired) electrons. The van der Waals surface area contributed by atoms with Crippen LogP contribution < -0.4 is 10.6 Å². The molecule has 0 aromatic heterocycles. The first-order chi connectivity index (χ1) is 12.6. The van der Waals surface area contributed by atoms with Gasteiger partial charge < -0.3 is 15.5 Å². The SMILES string of the molecule is CN=C(NCCNC(=O)c1ccccc1)N(C)Cc1ccc(SC)cc1. The average molecular weight is 371 g/mol. The molecule has 0 spiro atoms. The summed E-state index contributed by atoms with van der Waals surface area (Å²) in [6.45, 7) is 1.91. The van der Waals surface area contributed by atoms with Crippen molar-refractivity contribution in [3.05, 3.63) is 65.7 Å². The van der Waals surface area contributed by atoms with Crippen LogP contribution in [0.3, 0.4) is 0 Å². The summed E-state index contributed by atoms with van der Waals surface area (Å²) in [5.41, 5.74) is 1.90. The molecule has 0 heterocycles. The van der Waals surface area contributed by atoms with Crippen LogP contribution in [0.1, 0.15) is 15.9 Å². The van der Waals surface area contributed by atoms with E-state index < -0.39 is 0 Å². The van der Waals surface area contributed by atoms with Crippen molar-refractivity contribution in [3.63, 3.8) is 0 Å². The molecule has 0 atom stereocenters. The molecule has 0 saturated carbocycles. The zero-order valence-electron chi connectivity index (χ0n) is 15.5. The number of amides is 1. The van der Waals surface area contributed by atoms with Crippen molar-refractivity contribution in [2.75, 3.05) is 33.4 Å². The minimum Gasteiger partial charge on any atom is -0.354 e. The van der Waals surface area contributed by atoms with Crippen molar-refractivity contribution in [2.45, 2.75) is 11.4 Å². The van der Waals surface area contributed by atoms with Gasteiger partial charge in [0.15, 0.2) is 5.96 Å². The molecule has 1 amide bonds. The van der Waals surface area contributed by atoms with Crippen molar-refractivity contribution < 1.29 is 4.79 Å². The second-order valence-electron chi connectivity index (χ2n) is 5.80. The molecule has 0 aliphatic heterocycles.